The lowest BCUT2D eigenvalue weighted by Crippen LogP contribution is -2.38. The van der Waals surface area contributed by atoms with Gasteiger partial charge in [0, 0.05) is 31.5 Å². The smallest absolute Gasteiger partial charge is 0.240 e. The van der Waals surface area contributed by atoms with Crippen molar-refractivity contribution >= 4 is 15.9 Å². The maximum absolute atomic E-state index is 12.4. The molecule has 1 aliphatic heterocycles. The van der Waals surface area contributed by atoms with Crippen molar-refractivity contribution in [1.82, 2.24) is 10.0 Å². The van der Waals surface area contributed by atoms with Gasteiger partial charge in [0.1, 0.15) is 0 Å². The molecule has 0 spiro atoms. The van der Waals surface area contributed by atoms with Gasteiger partial charge < -0.3 is 14.8 Å². The summed E-state index contributed by atoms with van der Waals surface area (Å²) in [6.07, 6.45) is 6.40. The molecule has 1 heterocycles. The number of benzene rings is 1. The molecule has 8 heteroatoms. The van der Waals surface area contributed by atoms with E-state index >= 15 is 0 Å². The van der Waals surface area contributed by atoms with Gasteiger partial charge in [0.05, 0.1) is 18.1 Å². The van der Waals surface area contributed by atoms with Crippen LogP contribution in [0.25, 0.3) is 0 Å². The number of ether oxygens (including phenoxy) is 2. The van der Waals surface area contributed by atoms with Crippen LogP contribution < -0.4 is 19.5 Å². The van der Waals surface area contributed by atoms with Gasteiger partial charge >= 0.3 is 0 Å². The second-order valence-corrected chi connectivity index (χ2v) is 8.48. The second-order valence-electron chi connectivity index (χ2n) is 6.71. The maximum Gasteiger partial charge on any atom is 0.240 e. The zero-order valence-electron chi connectivity index (χ0n) is 14.8. The quantitative estimate of drug-likeness (QED) is 0.784. The monoisotopic (exact) mass is 382 g/mol. The van der Waals surface area contributed by atoms with Crippen LogP contribution in [-0.2, 0) is 14.8 Å². The minimum atomic E-state index is -3.70. The van der Waals surface area contributed by atoms with Crippen LogP contribution >= 0.6 is 0 Å². The van der Waals surface area contributed by atoms with Crippen molar-refractivity contribution in [1.29, 1.82) is 0 Å². The molecular weight excluding hydrogens is 356 g/mol. The summed E-state index contributed by atoms with van der Waals surface area (Å²) in [6.45, 7) is 1.11. The Morgan fingerprint density at radius 3 is 2.54 bits per heavy atom. The molecule has 1 fully saturated rings. The largest absolute Gasteiger partial charge is 0.490 e. The van der Waals surface area contributed by atoms with Crippen LogP contribution in [0.2, 0.25) is 0 Å². The van der Waals surface area contributed by atoms with Crippen molar-refractivity contribution in [3.8, 4) is 11.5 Å². The molecule has 0 radical (unpaired) electrons. The zero-order valence-corrected chi connectivity index (χ0v) is 15.6. The molecule has 0 bridgehead atoms. The minimum absolute atomic E-state index is 0.0648. The van der Waals surface area contributed by atoms with E-state index in [4.69, 9.17) is 9.47 Å². The highest BCUT2D eigenvalue weighted by Crippen LogP contribution is 2.31. The summed E-state index contributed by atoms with van der Waals surface area (Å²) in [6, 6.07) is 4.78. The molecule has 0 unspecified atom stereocenters. The number of rotatable bonds is 6. The number of fused-ring (bicyclic) bond motifs is 1. The average molecular weight is 382 g/mol. The maximum atomic E-state index is 12.4. The number of hydrogen-bond acceptors (Lipinski definition) is 5. The van der Waals surface area contributed by atoms with Crippen LogP contribution in [0.4, 0.5) is 0 Å². The Hall–Kier alpha value is -1.80. The molecule has 3 rings (SSSR count). The Bertz CT molecular complexity index is 729. The summed E-state index contributed by atoms with van der Waals surface area (Å²) in [4.78, 5) is 12.1. The molecule has 1 aromatic carbocycles. The Balaban J connectivity index is 1.52. The highest BCUT2D eigenvalue weighted by molar-refractivity contribution is 7.89. The zero-order chi connectivity index (χ0) is 18.4. The van der Waals surface area contributed by atoms with Gasteiger partial charge in [-0.15, -0.1) is 0 Å². The lowest BCUT2D eigenvalue weighted by Gasteiger charge is -2.22. The van der Waals surface area contributed by atoms with Crippen LogP contribution in [-0.4, -0.2) is 40.1 Å². The predicted molar refractivity (Wildman–Crippen MR) is 96.9 cm³/mol. The molecule has 2 N–H and O–H groups in total. The van der Waals surface area contributed by atoms with Crippen LogP contribution in [0.1, 0.15) is 44.9 Å². The van der Waals surface area contributed by atoms with Gasteiger partial charge in [0.25, 0.3) is 0 Å². The average Bonchev–Trinajstić information content (AvgIpc) is 2.87. The first kappa shape index (κ1) is 19.0. The lowest BCUT2D eigenvalue weighted by atomic mass is 9.95. The number of carbonyl (C=O) groups is 1. The first-order valence-corrected chi connectivity index (χ1v) is 10.7. The Kier molecular flexibility index (Phi) is 6.37. The summed E-state index contributed by atoms with van der Waals surface area (Å²) >= 11 is 0. The number of carbonyl (C=O) groups excluding carboxylic acids is 1. The molecular formula is C18H26N2O5S. The highest BCUT2D eigenvalue weighted by atomic mass is 32.2. The third kappa shape index (κ3) is 5.11. The van der Waals surface area contributed by atoms with Crippen LogP contribution in [0.5, 0.6) is 11.5 Å². The van der Waals surface area contributed by atoms with Gasteiger partial charge in [-0.05, 0) is 25.0 Å². The van der Waals surface area contributed by atoms with E-state index in [2.05, 4.69) is 10.0 Å². The van der Waals surface area contributed by atoms with Gasteiger partial charge in [-0.25, -0.2) is 13.1 Å². The molecule has 1 saturated carbocycles. The SMILES string of the molecule is O=C(CCNS(=O)(=O)c1ccc2c(c1)OCCCO2)NC1CCCCC1. The van der Waals surface area contributed by atoms with E-state index in [0.29, 0.717) is 24.7 Å². The lowest BCUT2D eigenvalue weighted by molar-refractivity contribution is -0.121. The summed E-state index contributed by atoms with van der Waals surface area (Å²) < 4.78 is 38.4. The van der Waals surface area contributed by atoms with Gasteiger partial charge in [0.15, 0.2) is 11.5 Å². The summed E-state index contributed by atoms with van der Waals surface area (Å²) in [5.74, 6) is 0.868. The van der Waals surface area contributed by atoms with E-state index < -0.39 is 10.0 Å². The third-order valence-electron chi connectivity index (χ3n) is 4.64. The van der Waals surface area contributed by atoms with E-state index in [1.165, 1.54) is 18.6 Å². The van der Waals surface area contributed by atoms with Crippen molar-refractivity contribution in [2.45, 2.75) is 55.9 Å². The molecule has 1 aromatic rings. The Morgan fingerprint density at radius 1 is 1.04 bits per heavy atom. The van der Waals surface area contributed by atoms with Gasteiger partial charge in [-0.2, -0.15) is 0 Å². The summed E-state index contributed by atoms with van der Waals surface area (Å²) in [5, 5.41) is 2.98. The third-order valence-corrected chi connectivity index (χ3v) is 6.10. The summed E-state index contributed by atoms with van der Waals surface area (Å²) in [7, 11) is -3.70. The number of sulfonamides is 1. The van der Waals surface area contributed by atoms with E-state index in [9.17, 15) is 13.2 Å². The van der Waals surface area contributed by atoms with Crippen LogP contribution in [0.3, 0.4) is 0 Å². The number of hydrogen-bond donors (Lipinski definition) is 2. The number of nitrogens with one attached hydrogen (secondary N) is 2. The van der Waals surface area contributed by atoms with E-state index in [-0.39, 0.29) is 29.8 Å². The Labute approximate surface area is 154 Å². The van der Waals surface area contributed by atoms with E-state index in [1.54, 1.807) is 6.07 Å². The number of amides is 1. The fourth-order valence-corrected chi connectivity index (χ4v) is 4.29. The van der Waals surface area contributed by atoms with Crippen molar-refractivity contribution in [2.24, 2.45) is 0 Å². The molecule has 0 aromatic heterocycles. The Morgan fingerprint density at radius 2 is 1.77 bits per heavy atom. The second kappa shape index (κ2) is 8.73. The fraction of sp³-hybridized carbons (Fsp3) is 0.611. The van der Waals surface area contributed by atoms with Crippen molar-refractivity contribution in [3.05, 3.63) is 18.2 Å². The van der Waals surface area contributed by atoms with E-state index in [0.717, 1.165) is 32.1 Å². The first-order valence-electron chi connectivity index (χ1n) is 9.23. The standard InChI is InChI=1S/C18H26N2O5S/c21-18(20-14-5-2-1-3-6-14)9-10-19-26(22,23)15-7-8-16-17(13-15)25-12-4-11-24-16/h7-8,13-14,19H,1-6,9-12H2,(H,20,21). The van der Waals surface area contributed by atoms with Crippen LogP contribution in [0.15, 0.2) is 23.1 Å². The molecule has 0 atom stereocenters. The van der Waals surface area contributed by atoms with E-state index in [1.807, 2.05) is 0 Å². The predicted octanol–water partition coefficient (Wildman–Crippen LogP) is 1.97. The highest BCUT2D eigenvalue weighted by Gasteiger charge is 2.20. The molecule has 26 heavy (non-hydrogen) atoms. The van der Waals surface area contributed by atoms with Gasteiger partial charge in [-0.3, -0.25) is 4.79 Å². The molecule has 7 nitrogen and oxygen atoms in total. The molecule has 0 saturated heterocycles. The van der Waals surface area contributed by atoms with Crippen molar-refractivity contribution in [2.75, 3.05) is 19.8 Å². The minimum Gasteiger partial charge on any atom is -0.490 e. The van der Waals surface area contributed by atoms with Gasteiger partial charge in [-0.1, -0.05) is 19.3 Å². The molecule has 2 aliphatic rings. The first-order chi connectivity index (χ1) is 12.5. The normalized spacial score (nSPS) is 18.2. The topological polar surface area (TPSA) is 93.7 Å². The van der Waals surface area contributed by atoms with Crippen molar-refractivity contribution in [3.63, 3.8) is 0 Å². The van der Waals surface area contributed by atoms with Gasteiger partial charge in [0.2, 0.25) is 15.9 Å². The summed E-state index contributed by atoms with van der Waals surface area (Å²) in [5.41, 5.74) is 0. The molecule has 1 amide bonds. The van der Waals surface area contributed by atoms with Crippen molar-refractivity contribution < 1.29 is 22.7 Å². The van der Waals surface area contributed by atoms with Crippen LogP contribution in [0, 0.1) is 0 Å². The fourth-order valence-electron chi connectivity index (χ4n) is 3.24. The molecule has 144 valence electrons. The molecule has 1 aliphatic carbocycles.